The molecule has 0 bridgehead atoms. The SMILES string of the molecule is Nc1cncc(C2=NN(Cc3ccccc3)C(N)c3c2cccc3-c2ccccc2)c1. The third kappa shape index (κ3) is 3.67. The monoisotopic (exact) mass is 405 g/mol. The van der Waals surface area contributed by atoms with E-state index in [9.17, 15) is 0 Å². The molecule has 1 aromatic heterocycles. The van der Waals surface area contributed by atoms with Crippen LogP contribution in [0.3, 0.4) is 0 Å². The number of fused-ring (bicyclic) bond motifs is 1. The Morgan fingerprint density at radius 1 is 0.774 bits per heavy atom. The largest absolute Gasteiger partial charge is 0.397 e. The van der Waals surface area contributed by atoms with Gasteiger partial charge >= 0.3 is 0 Å². The van der Waals surface area contributed by atoms with Gasteiger partial charge in [0.25, 0.3) is 0 Å². The van der Waals surface area contributed by atoms with Crippen LogP contribution in [0.2, 0.25) is 0 Å². The maximum atomic E-state index is 6.83. The van der Waals surface area contributed by atoms with E-state index in [1.807, 2.05) is 47.5 Å². The Hall–Kier alpha value is -3.96. The summed E-state index contributed by atoms with van der Waals surface area (Å²) in [5.41, 5.74) is 20.6. The molecule has 152 valence electrons. The Morgan fingerprint density at radius 3 is 2.23 bits per heavy atom. The number of pyridine rings is 1. The predicted octanol–water partition coefficient (Wildman–Crippen LogP) is 4.56. The molecule has 5 nitrogen and oxygen atoms in total. The molecule has 4 N–H and O–H groups in total. The fourth-order valence-corrected chi connectivity index (χ4v) is 4.06. The summed E-state index contributed by atoms with van der Waals surface area (Å²) in [6.45, 7) is 0.601. The van der Waals surface area contributed by atoms with Gasteiger partial charge in [0.2, 0.25) is 0 Å². The van der Waals surface area contributed by atoms with Crippen molar-refractivity contribution in [1.82, 2.24) is 9.99 Å². The van der Waals surface area contributed by atoms with E-state index in [1.54, 1.807) is 12.4 Å². The van der Waals surface area contributed by atoms with Gasteiger partial charge in [-0.2, -0.15) is 5.10 Å². The minimum absolute atomic E-state index is 0.385. The standard InChI is InChI=1S/C26H23N5/c27-21-14-20(15-29-16-21)25-23-13-7-12-22(19-10-5-2-6-11-19)24(23)26(28)31(30-25)17-18-8-3-1-4-9-18/h1-16,26H,17,27-28H2. The fraction of sp³-hybridized carbons (Fsp3) is 0.0769. The molecule has 0 spiro atoms. The van der Waals surface area contributed by atoms with Gasteiger partial charge in [0, 0.05) is 29.1 Å². The molecule has 4 aromatic rings. The quantitative estimate of drug-likeness (QED) is 0.522. The molecule has 1 atom stereocenters. The van der Waals surface area contributed by atoms with E-state index in [0.717, 1.165) is 39.1 Å². The Bertz CT molecular complexity index is 1240. The number of benzene rings is 3. The van der Waals surface area contributed by atoms with Gasteiger partial charge in [0.1, 0.15) is 6.17 Å². The number of hydrogen-bond donors (Lipinski definition) is 2. The summed E-state index contributed by atoms with van der Waals surface area (Å²) in [7, 11) is 0. The normalized spacial score (nSPS) is 15.3. The number of hydrogen-bond acceptors (Lipinski definition) is 5. The number of hydrazone groups is 1. The number of anilines is 1. The lowest BCUT2D eigenvalue weighted by atomic mass is 9.88. The molecule has 0 radical (unpaired) electrons. The van der Waals surface area contributed by atoms with Gasteiger partial charge in [-0.15, -0.1) is 0 Å². The molecule has 0 saturated carbocycles. The Balaban J connectivity index is 1.69. The summed E-state index contributed by atoms with van der Waals surface area (Å²) in [6, 6.07) is 28.7. The molecule has 0 fully saturated rings. The molecule has 1 unspecified atom stereocenters. The average Bonchev–Trinajstić information content (AvgIpc) is 2.82. The van der Waals surface area contributed by atoms with Crippen LogP contribution < -0.4 is 11.5 Å². The van der Waals surface area contributed by atoms with Crippen molar-refractivity contribution in [3.8, 4) is 11.1 Å². The van der Waals surface area contributed by atoms with E-state index in [1.165, 1.54) is 0 Å². The highest BCUT2D eigenvalue weighted by Crippen LogP contribution is 2.37. The lowest BCUT2D eigenvalue weighted by Crippen LogP contribution is -2.36. The van der Waals surface area contributed by atoms with Crippen LogP contribution in [0.5, 0.6) is 0 Å². The van der Waals surface area contributed by atoms with Crippen LogP contribution >= 0.6 is 0 Å². The van der Waals surface area contributed by atoms with Crippen LogP contribution in [0.25, 0.3) is 11.1 Å². The zero-order valence-corrected chi connectivity index (χ0v) is 17.0. The van der Waals surface area contributed by atoms with Crippen molar-refractivity contribution < 1.29 is 0 Å². The van der Waals surface area contributed by atoms with Crippen LogP contribution in [0.1, 0.15) is 28.4 Å². The second-order valence-corrected chi connectivity index (χ2v) is 7.62. The van der Waals surface area contributed by atoms with Gasteiger partial charge in [0.05, 0.1) is 17.9 Å². The highest BCUT2D eigenvalue weighted by Gasteiger charge is 2.29. The minimum Gasteiger partial charge on any atom is -0.397 e. The van der Waals surface area contributed by atoms with Crippen LogP contribution in [0.4, 0.5) is 5.69 Å². The second kappa shape index (κ2) is 8.05. The van der Waals surface area contributed by atoms with Crippen molar-refractivity contribution in [2.24, 2.45) is 10.8 Å². The number of nitrogen functional groups attached to an aromatic ring is 1. The Kier molecular flexibility index (Phi) is 4.94. The smallest absolute Gasteiger partial charge is 0.121 e. The summed E-state index contributed by atoms with van der Waals surface area (Å²) < 4.78 is 0. The molecule has 1 aliphatic rings. The van der Waals surface area contributed by atoms with Gasteiger partial charge in [0.15, 0.2) is 0 Å². The van der Waals surface area contributed by atoms with Crippen LogP contribution in [0.15, 0.2) is 102 Å². The number of nitrogens with two attached hydrogens (primary N) is 2. The first kappa shape index (κ1) is 19.0. The zero-order valence-electron chi connectivity index (χ0n) is 17.0. The number of aromatic nitrogens is 1. The van der Waals surface area contributed by atoms with E-state index in [-0.39, 0.29) is 6.17 Å². The van der Waals surface area contributed by atoms with Crippen molar-refractivity contribution >= 4 is 11.4 Å². The van der Waals surface area contributed by atoms with Crippen LogP contribution in [-0.2, 0) is 6.54 Å². The summed E-state index contributed by atoms with van der Waals surface area (Å²) in [5, 5.41) is 6.92. The van der Waals surface area contributed by atoms with Crippen LogP contribution in [0, 0.1) is 0 Å². The van der Waals surface area contributed by atoms with Crippen molar-refractivity contribution in [3.63, 3.8) is 0 Å². The average molecular weight is 406 g/mol. The molecular formula is C26H23N5. The van der Waals surface area contributed by atoms with Crippen molar-refractivity contribution in [1.29, 1.82) is 0 Å². The highest BCUT2D eigenvalue weighted by atomic mass is 15.5. The predicted molar refractivity (Wildman–Crippen MR) is 125 cm³/mol. The number of nitrogens with zero attached hydrogens (tertiary/aromatic N) is 3. The first-order chi connectivity index (χ1) is 15.2. The molecule has 31 heavy (non-hydrogen) atoms. The molecule has 0 amide bonds. The van der Waals surface area contributed by atoms with Gasteiger partial charge in [-0.05, 0) is 22.8 Å². The van der Waals surface area contributed by atoms with Crippen molar-refractivity contribution in [2.75, 3.05) is 5.73 Å². The topological polar surface area (TPSA) is 80.5 Å². The Labute approximate surface area is 181 Å². The lowest BCUT2D eigenvalue weighted by molar-refractivity contribution is 0.197. The van der Waals surface area contributed by atoms with Gasteiger partial charge < -0.3 is 11.5 Å². The van der Waals surface area contributed by atoms with E-state index in [4.69, 9.17) is 16.6 Å². The molecule has 5 rings (SSSR count). The molecule has 2 heterocycles. The molecular weight excluding hydrogens is 382 g/mol. The summed E-state index contributed by atoms with van der Waals surface area (Å²) in [6.07, 6.45) is 3.05. The minimum atomic E-state index is -0.385. The first-order valence-corrected chi connectivity index (χ1v) is 10.2. The summed E-state index contributed by atoms with van der Waals surface area (Å²) >= 11 is 0. The van der Waals surface area contributed by atoms with E-state index >= 15 is 0 Å². The van der Waals surface area contributed by atoms with Crippen molar-refractivity contribution in [3.05, 3.63) is 120 Å². The van der Waals surface area contributed by atoms with Gasteiger partial charge in [-0.3, -0.25) is 9.99 Å². The molecule has 5 heteroatoms. The van der Waals surface area contributed by atoms with Gasteiger partial charge in [-0.25, -0.2) is 0 Å². The fourth-order valence-electron chi connectivity index (χ4n) is 4.06. The maximum absolute atomic E-state index is 6.83. The maximum Gasteiger partial charge on any atom is 0.121 e. The third-order valence-corrected chi connectivity index (χ3v) is 5.51. The molecule has 0 aliphatic carbocycles. The summed E-state index contributed by atoms with van der Waals surface area (Å²) in [5.74, 6) is 0. The zero-order chi connectivity index (χ0) is 21.2. The Morgan fingerprint density at radius 2 is 1.48 bits per heavy atom. The second-order valence-electron chi connectivity index (χ2n) is 7.62. The van der Waals surface area contributed by atoms with Crippen LogP contribution in [-0.4, -0.2) is 15.7 Å². The van der Waals surface area contributed by atoms with E-state index in [0.29, 0.717) is 12.2 Å². The van der Waals surface area contributed by atoms with E-state index < -0.39 is 0 Å². The molecule has 0 saturated heterocycles. The third-order valence-electron chi connectivity index (χ3n) is 5.51. The van der Waals surface area contributed by atoms with Crippen molar-refractivity contribution in [2.45, 2.75) is 12.7 Å². The van der Waals surface area contributed by atoms with E-state index in [2.05, 4.69) is 47.4 Å². The van der Waals surface area contributed by atoms with Gasteiger partial charge in [-0.1, -0.05) is 78.9 Å². The molecule has 1 aliphatic heterocycles. The summed E-state index contributed by atoms with van der Waals surface area (Å²) in [4.78, 5) is 4.29. The molecule has 3 aromatic carbocycles. The highest BCUT2D eigenvalue weighted by molar-refractivity contribution is 6.15. The number of rotatable bonds is 4. The lowest BCUT2D eigenvalue weighted by Gasteiger charge is -2.35. The first-order valence-electron chi connectivity index (χ1n) is 10.2.